The minimum absolute atomic E-state index is 0.0849. The van der Waals surface area contributed by atoms with Crippen molar-refractivity contribution in [1.82, 2.24) is 20.6 Å². The Labute approximate surface area is 128 Å². The molecule has 1 aromatic carbocycles. The number of piperidine rings is 1. The van der Waals surface area contributed by atoms with Crippen molar-refractivity contribution in [2.24, 2.45) is 0 Å². The second-order valence-electron chi connectivity index (χ2n) is 5.19. The van der Waals surface area contributed by atoms with Gasteiger partial charge in [0, 0.05) is 30.5 Å². The molecule has 1 amide bonds. The zero-order valence-corrected chi connectivity index (χ0v) is 12.2. The second-order valence-corrected chi connectivity index (χ2v) is 5.19. The van der Waals surface area contributed by atoms with E-state index in [1.54, 1.807) is 36.7 Å². The molecule has 1 aliphatic rings. The molecule has 1 aromatic heterocycles. The summed E-state index contributed by atoms with van der Waals surface area (Å²) in [6, 6.07) is 7.24. The van der Waals surface area contributed by atoms with E-state index in [1.807, 2.05) is 0 Å². The number of carbonyl (C=O) groups excluding carboxylic acids is 1. The molecule has 1 atom stereocenters. The van der Waals surface area contributed by atoms with Crippen LogP contribution in [0.25, 0.3) is 0 Å². The molecule has 0 spiro atoms. The van der Waals surface area contributed by atoms with Crippen LogP contribution in [0.1, 0.15) is 23.2 Å². The van der Waals surface area contributed by atoms with Crippen molar-refractivity contribution in [1.29, 1.82) is 0 Å². The van der Waals surface area contributed by atoms with Crippen molar-refractivity contribution in [3.8, 4) is 11.6 Å². The maximum absolute atomic E-state index is 12.3. The van der Waals surface area contributed by atoms with Crippen molar-refractivity contribution in [3.05, 3.63) is 48.4 Å². The fraction of sp³-hybridized carbons (Fsp3) is 0.312. The van der Waals surface area contributed by atoms with Gasteiger partial charge in [-0.15, -0.1) is 0 Å². The molecule has 0 aliphatic carbocycles. The van der Waals surface area contributed by atoms with Gasteiger partial charge in [0.2, 0.25) is 5.88 Å². The van der Waals surface area contributed by atoms with Crippen LogP contribution in [0.2, 0.25) is 0 Å². The van der Waals surface area contributed by atoms with Crippen molar-refractivity contribution in [3.63, 3.8) is 0 Å². The Kier molecular flexibility index (Phi) is 4.60. The Morgan fingerprint density at radius 1 is 1.36 bits per heavy atom. The molecule has 22 heavy (non-hydrogen) atoms. The van der Waals surface area contributed by atoms with Crippen molar-refractivity contribution in [2.75, 3.05) is 13.1 Å². The standard InChI is InChI=1S/C16H18N4O2/c21-16(20-13-4-2-6-17-10-13)12-3-1-5-14(9-12)22-15-11-18-7-8-19-15/h1,3,5,7-9,11,13,17H,2,4,6,10H2,(H,20,21)/t13-/m0/s1. The van der Waals surface area contributed by atoms with Gasteiger partial charge in [-0.05, 0) is 37.6 Å². The number of amides is 1. The van der Waals surface area contributed by atoms with E-state index >= 15 is 0 Å². The summed E-state index contributed by atoms with van der Waals surface area (Å²) in [6.45, 7) is 1.84. The Morgan fingerprint density at radius 3 is 3.09 bits per heavy atom. The van der Waals surface area contributed by atoms with Gasteiger partial charge in [0.1, 0.15) is 5.75 Å². The van der Waals surface area contributed by atoms with Gasteiger partial charge in [-0.3, -0.25) is 9.78 Å². The fourth-order valence-electron chi connectivity index (χ4n) is 2.40. The molecule has 6 heteroatoms. The SMILES string of the molecule is O=C(N[C@H]1CCCNC1)c1cccc(Oc2cnccn2)c1. The van der Waals surface area contributed by atoms with E-state index in [4.69, 9.17) is 4.74 Å². The number of ether oxygens (including phenoxy) is 1. The van der Waals surface area contributed by atoms with Crippen LogP contribution in [-0.2, 0) is 0 Å². The first-order valence-corrected chi connectivity index (χ1v) is 7.37. The molecule has 1 fully saturated rings. The van der Waals surface area contributed by atoms with Gasteiger partial charge < -0.3 is 15.4 Å². The summed E-state index contributed by atoms with van der Waals surface area (Å²) in [5, 5.41) is 6.32. The summed E-state index contributed by atoms with van der Waals surface area (Å²) in [7, 11) is 0. The Bertz CT molecular complexity index is 627. The number of benzene rings is 1. The molecule has 2 heterocycles. The third-order valence-electron chi connectivity index (χ3n) is 3.49. The fourth-order valence-corrected chi connectivity index (χ4v) is 2.40. The topological polar surface area (TPSA) is 76.1 Å². The van der Waals surface area contributed by atoms with Gasteiger partial charge in [0.25, 0.3) is 5.91 Å². The number of carbonyl (C=O) groups is 1. The predicted octanol–water partition coefficient (Wildman–Crippen LogP) is 1.75. The number of hydrogen-bond acceptors (Lipinski definition) is 5. The van der Waals surface area contributed by atoms with Crippen molar-refractivity contribution in [2.45, 2.75) is 18.9 Å². The van der Waals surface area contributed by atoms with Gasteiger partial charge in [0.05, 0.1) is 6.20 Å². The largest absolute Gasteiger partial charge is 0.437 e. The summed E-state index contributed by atoms with van der Waals surface area (Å²) in [5.74, 6) is 0.879. The normalized spacial score (nSPS) is 17.7. The highest BCUT2D eigenvalue weighted by molar-refractivity contribution is 5.94. The summed E-state index contributed by atoms with van der Waals surface area (Å²) >= 11 is 0. The van der Waals surface area contributed by atoms with Gasteiger partial charge in [0.15, 0.2) is 0 Å². The van der Waals surface area contributed by atoms with Gasteiger partial charge in [-0.1, -0.05) is 6.07 Å². The molecule has 0 saturated carbocycles. The zero-order valence-electron chi connectivity index (χ0n) is 12.2. The van der Waals surface area contributed by atoms with E-state index in [-0.39, 0.29) is 11.9 Å². The minimum Gasteiger partial charge on any atom is -0.437 e. The molecular weight excluding hydrogens is 280 g/mol. The quantitative estimate of drug-likeness (QED) is 0.899. The Balaban J connectivity index is 1.66. The highest BCUT2D eigenvalue weighted by Gasteiger charge is 2.16. The van der Waals surface area contributed by atoms with Crippen molar-refractivity contribution < 1.29 is 9.53 Å². The van der Waals surface area contributed by atoms with Crippen LogP contribution in [0, 0.1) is 0 Å². The van der Waals surface area contributed by atoms with E-state index in [0.29, 0.717) is 17.2 Å². The molecule has 6 nitrogen and oxygen atoms in total. The van der Waals surface area contributed by atoms with E-state index in [0.717, 1.165) is 25.9 Å². The summed E-state index contributed by atoms with van der Waals surface area (Å²) < 4.78 is 5.59. The summed E-state index contributed by atoms with van der Waals surface area (Å²) in [6.07, 6.45) is 6.76. The number of nitrogens with zero attached hydrogens (tertiary/aromatic N) is 2. The zero-order chi connectivity index (χ0) is 15.2. The molecule has 2 aromatic rings. The molecule has 114 valence electrons. The van der Waals surface area contributed by atoms with Crippen LogP contribution in [0.5, 0.6) is 11.6 Å². The molecule has 3 rings (SSSR count). The highest BCUT2D eigenvalue weighted by Crippen LogP contribution is 2.19. The first-order valence-electron chi connectivity index (χ1n) is 7.37. The predicted molar refractivity (Wildman–Crippen MR) is 81.9 cm³/mol. The number of aromatic nitrogens is 2. The Hall–Kier alpha value is -2.47. The van der Waals surface area contributed by atoms with E-state index < -0.39 is 0 Å². The molecule has 2 N–H and O–H groups in total. The number of rotatable bonds is 4. The lowest BCUT2D eigenvalue weighted by Crippen LogP contribution is -2.45. The Morgan fingerprint density at radius 2 is 2.32 bits per heavy atom. The van der Waals surface area contributed by atoms with Gasteiger partial charge >= 0.3 is 0 Å². The van der Waals surface area contributed by atoms with E-state index in [1.165, 1.54) is 6.20 Å². The lowest BCUT2D eigenvalue weighted by atomic mass is 10.1. The summed E-state index contributed by atoms with van der Waals surface area (Å²) in [5.41, 5.74) is 0.576. The van der Waals surface area contributed by atoms with Crippen LogP contribution in [0.4, 0.5) is 0 Å². The third kappa shape index (κ3) is 3.79. The monoisotopic (exact) mass is 298 g/mol. The smallest absolute Gasteiger partial charge is 0.251 e. The van der Waals surface area contributed by atoms with Crippen LogP contribution in [-0.4, -0.2) is 35.0 Å². The average molecular weight is 298 g/mol. The molecular formula is C16H18N4O2. The minimum atomic E-state index is -0.0849. The van der Waals surface area contributed by atoms with Crippen LogP contribution in [0.15, 0.2) is 42.9 Å². The third-order valence-corrected chi connectivity index (χ3v) is 3.49. The van der Waals surface area contributed by atoms with E-state index in [2.05, 4.69) is 20.6 Å². The van der Waals surface area contributed by atoms with Crippen LogP contribution in [0.3, 0.4) is 0 Å². The number of hydrogen-bond donors (Lipinski definition) is 2. The lowest BCUT2D eigenvalue weighted by Gasteiger charge is -2.23. The molecule has 1 aliphatic heterocycles. The second kappa shape index (κ2) is 7.00. The first-order chi connectivity index (χ1) is 10.8. The maximum Gasteiger partial charge on any atom is 0.251 e. The van der Waals surface area contributed by atoms with Crippen molar-refractivity contribution >= 4 is 5.91 Å². The van der Waals surface area contributed by atoms with Crippen LogP contribution >= 0.6 is 0 Å². The highest BCUT2D eigenvalue weighted by atomic mass is 16.5. The van der Waals surface area contributed by atoms with Gasteiger partial charge in [-0.25, -0.2) is 4.98 Å². The molecule has 1 saturated heterocycles. The lowest BCUT2D eigenvalue weighted by molar-refractivity contribution is 0.0930. The maximum atomic E-state index is 12.3. The molecule has 0 bridgehead atoms. The van der Waals surface area contributed by atoms with E-state index in [9.17, 15) is 4.79 Å². The molecule has 0 radical (unpaired) electrons. The van der Waals surface area contributed by atoms with Gasteiger partial charge in [-0.2, -0.15) is 0 Å². The summed E-state index contributed by atoms with van der Waals surface area (Å²) in [4.78, 5) is 20.3. The van der Waals surface area contributed by atoms with Crippen LogP contribution < -0.4 is 15.4 Å². The number of nitrogens with one attached hydrogen (secondary N) is 2. The molecule has 0 unspecified atom stereocenters. The first kappa shape index (κ1) is 14.5. The average Bonchev–Trinajstić information content (AvgIpc) is 2.57.